The van der Waals surface area contributed by atoms with Crippen LogP contribution in [0.3, 0.4) is 0 Å². The van der Waals surface area contributed by atoms with E-state index < -0.39 is 0 Å². The number of hydrazone groups is 1. The van der Waals surface area contributed by atoms with Crippen LogP contribution >= 0.6 is 31.9 Å². The second-order valence-electron chi connectivity index (χ2n) is 5.36. The number of nitrogens with one attached hydrogen (secondary N) is 1. The molecule has 0 saturated carbocycles. The molecule has 2 aromatic carbocycles. The van der Waals surface area contributed by atoms with Crippen molar-refractivity contribution in [3.8, 4) is 5.75 Å². The highest BCUT2D eigenvalue weighted by Crippen LogP contribution is 2.32. The normalized spacial score (nSPS) is 11.2. The minimum absolute atomic E-state index is 0.111. The molecule has 1 amide bonds. The molecular weight excluding hydrogens is 450 g/mol. The predicted octanol–water partition coefficient (Wildman–Crippen LogP) is 4.54. The lowest BCUT2D eigenvalue weighted by Gasteiger charge is -2.06. The number of rotatable bonds is 3. The Morgan fingerprint density at radius 2 is 1.88 bits per heavy atom. The first-order valence-corrected chi connectivity index (χ1v) is 8.92. The SMILES string of the molecule is Cc1cc(C(=O)N/N=C/c2cc(Br)c(O)c(Br)c2)c2ccccc2n1. The van der Waals surface area contributed by atoms with E-state index in [4.69, 9.17) is 0 Å². The summed E-state index contributed by atoms with van der Waals surface area (Å²) in [4.78, 5) is 16.9. The van der Waals surface area contributed by atoms with Crippen LogP contribution < -0.4 is 5.43 Å². The molecule has 0 aliphatic carbocycles. The average molecular weight is 463 g/mol. The van der Waals surface area contributed by atoms with Crippen LogP contribution in [0.1, 0.15) is 21.6 Å². The molecule has 0 fully saturated rings. The Kier molecular flexibility index (Phi) is 5.15. The highest BCUT2D eigenvalue weighted by Gasteiger charge is 2.11. The lowest BCUT2D eigenvalue weighted by molar-refractivity contribution is 0.0956. The number of aromatic nitrogens is 1. The molecule has 7 heteroatoms. The van der Waals surface area contributed by atoms with Gasteiger partial charge in [0, 0.05) is 11.1 Å². The van der Waals surface area contributed by atoms with Crippen molar-refractivity contribution >= 4 is 54.9 Å². The van der Waals surface area contributed by atoms with Crippen molar-refractivity contribution in [3.05, 3.63) is 68.2 Å². The highest BCUT2D eigenvalue weighted by molar-refractivity contribution is 9.11. The third-order valence-corrected chi connectivity index (χ3v) is 4.72. The highest BCUT2D eigenvalue weighted by atomic mass is 79.9. The van der Waals surface area contributed by atoms with Gasteiger partial charge in [0.1, 0.15) is 5.75 Å². The first-order valence-electron chi connectivity index (χ1n) is 7.33. The molecule has 0 atom stereocenters. The summed E-state index contributed by atoms with van der Waals surface area (Å²) >= 11 is 6.51. The molecule has 25 heavy (non-hydrogen) atoms. The molecule has 0 aliphatic heterocycles. The van der Waals surface area contributed by atoms with E-state index in [0.29, 0.717) is 20.1 Å². The van der Waals surface area contributed by atoms with Gasteiger partial charge in [0.15, 0.2) is 0 Å². The molecule has 3 aromatic rings. The zero-order valence-corrected chi connectivity index (χ0v) is 16.3. The number of hydrogen-bond acceptors (Lipinski definition) is 4. The van der Waals surface area contributed by atoms with Crippen LogP contribution in [-0.4, -0.2) is 22.2 Å². The van der Waals surface area contributed by atoms with Gasteiger partial charge in [0.2, 0.25) is 0 Å². The Morgan fingerprint density at radius 3 is 2.60 bits per heavy atom. The van der Waals surface area contributed by atoms with E-state index in [1.54, 1.807) is 18.2 Å². The second kappa shape index (κ2) is 7.33. The zero-order valence-electron chi connectivity index (χ0n) is 13.1. The summed E-state index contributed by atoms with van der Waals surface area (Å²) in [6.45, 7) is 1.85. The summed E-state index contributed by atoms with van der Waals surface area (Å²) in [7, 11) is 0. The van der Waals surface area contributed by atoms with Crippen LogP contribution in [0, 0.1) is 6.92 Å². The maximum absolute atomic E-state index is 12.5. The molecule has 0 aliphatic rings. The second-order valence-corrected chi connectivity index (χ2v) is 7.07. The van der Waals surface area contributed by atoms with Gasteiger partial charge in [0.05, 0.1) is 26.2 Å². The third-order valence-electron chi connectivity index (χ3n) is 3.51. The van der Waals surface area contributed by atoms with Crippen molar-refractivity contribution < 1.29 is 9.90 Å². The van der Waals surface area contributed by atoms with Crippen LogP contribution in [0.4, 0.5) is 0 Å². The maximum atomic E-state index is 12.5. The molecular formula is C18H13Br2N3O2. The number of para-hydroxylation sites is 1. The van der Waals surface area contributed by atoms with Gasteiger partial charge in [-0.05, 0) is 68.6 Å². The third kappa shape index (κ3) is 3.88. The van der Waals surface area contributed by atoms with Crippen LogP contribution in [-0.2, 0) is 0 Å². The van der Waals surface area contributed by atoms with E-state index in [0.717, 1.165) is 16.6 Å². The van der Waals surface area contributed by atoms with Crippen molar-refractivity contribution in [1.82, 2.24) is 10.4 Å². The number of phenols is 1. The number of nitrogens with zero attached hydrogens (tertiary/aromatic N) is 2. The lowest BCUT2D eigenvalue weighted by Crippen LogP contribution is -2.18. The fourth-order valence-corrected chi connectivity index (χ4v) is 3.60. The molecule has 0 unspecified atom stereocenters. The van der Waals surface area contributed by atoms with Gasteiger partial charge < -0.3 is 5.11 Å². The number of phenolic OH excluding ortho intramolecular Hbond substituents is 1. The van der Waals surface area contributed by atoms with E-state index in [2.05, 4.69) is 47.4 Å². The number of aromatic hydroxyl groups is 1. The zero-order chi connectivity index (χ0) is 18.0. The van der Waals surface area contributed by atoms with E-state index in [-0.39, 0.29) is 11.7 Å². The van der Waals surface area contributed by atoms with Crippen molar-refractivity contribution in [3.63, 3.8) is 0 Å². The molecule has 126 valence electrons. The van der Waals surface area contributed by atoms with Crippen molar-refractivity contribution in [2.75, 3.05) is 0 Å². The summed E-state index contributed by atoms with van der Waals surface area (Å²) < 4.78 is 1.07. The van der Waals surface area contributed by atoms with Gasteiger partial charge in [-0.15, -0.1) is 0 Å². The molecule has 5 nitrogen and oxygen atoms in total. The maximum Gasteiger partial charge on any atom is 0.272 e. The number of amides is 1. The number of carbonyl (C=O) groups excluding carboxylic acids is 1. The summed E-state index contributed by atoms with van der Waals surface area (Å²) in [5, 5.41) is 14.5. The van der Waals surface area contributed by atoms with E-state index in [9.17, 15) is 9.90 Å². The van der Waals surface area contributed by atoms with Crippen molar-refractivity contribution in [2.24, 2.45) is 5.10 Å². The number of hydrogen-bond donors (Lipinski definition) is 2. The largest absolute Gasteiger partial charge is 0.506 e. The molecule has 1 aromatic heterocycles. The summed E-state index contributed by atoms with van der Waals surface area (Å²) in [6, 6.07) is 12.6. The molecule has 2 N–H and O–H groups in total. The van der Waals surface area contributed by atoms with Gasteiger partial charge in [-0.25, -0.2) is 5.43 Å². The van der Waals surface area contributed by atoms with Crippen LogP contribution in [0.25, 0.3) is 10.9 Å². The monoisotopic (exact) mass is 461 g/mol. The molecule has 0 bridgehead atoms. The van der Waals surface area contributed by atoms with Crippen LogP contribution in [0.5, 0.6) is 5.75 Å². The van der Waals surface area contributed by atoms with Crippen LogP contribution in [0.2, 0.25) is 0 Å². The number of aryl methyl sites for hydroxylation is 1. The first kappa shape index (κ1) is 17.6. The summed E-state index contributed by atoms with van der Waals surface area (Å²) in [5.74, 6) is -0.199. The van der Waals surface area contributed by atoms with E-state index >= 15 is 0 Å². The molecule has 0 spiro atoms. The molecule has 3 rings (SSSR count). The number of benzene rings is 2. The fraction of sp³-hybridized carbons (Fsp3) is 0.0556. The Hall–Kier alpha value is -2.25. The van der Waals surface area contributed by atoms with Gasteiger partial charge in [-0.3, -0.25) is 9.78 Å². The van der Waals surface area contributed by atoms with Crippen LogP contribution in [0.15, 0.2) is 56.5 Å². The van der Waals surface area contributed by atoms with E-state index in [1.807, 2.05) is 31.2 Å². The summed E-state index contributed by atoms with van der Waals surface area (Å²) in [6.07, 6.45) is 1.50. The standard InChI is InChI=1S/C18H13Br2N3O2/c1-10-6-13(12-4-2-3-5-16(12)22-10)18(25)23-21-9-11-7-14(19)17(24)15(20)8-11/h2-9,24H,1H3,(H,23,25)/b21-9+. The Labute approximate surface area is 161 Å². The smallest absolute Gasteiger partial charge is 0.272 e. The molecule has 0 radical (unpaired) electrons. The molecule has 1 heterocycles. The first-order chi connectivity index (χ1) is 12.0. The quantitative estimate of drug-likeness (QED) is 0.443. The average Bonchev–Trinajstić information content (AvgIpc) is 2.58. The van der Waals surface area contributed by atoms with E-state index in [1.165, 1.54) is 6.21 Å². The number of fused-ring (bicyclic) bond motifs is 1. The van der Waals surface area contributed by atoms with Gasteiger partial charge in [-0.2, -0.15) is 5.10 Å². The summed E-state index contributed by atoms with van der Waals surface area (Å²) in [5.41, 5.74) is 5.30. The number of halogens is 2. The van der Waals surface area contributed by atoms with Gasteiger partial charge >= 0.3 is 0 Å². The fourth-order valence-electron chi connectivity index (χ4n) is 2.38. The minimum Gasteiger partial charge on any atom is -0.506 e. The Balaban J connectivity index is 1.84. The number of carbonyl (C=O) groups is 1. The predicted molar refractivity (Wildman–Crippen MR) is 105 cm³/mol. The van der Waals surface area contributed by atoms with Gasteiger partial charge in [0.25, 0.3) is 5.91 Å². The molecule has 0 saturated heterocycles. The van der Waals surface area contributed by atoms with Gasteiger partial charge in [-0.1, -0.05) is 18.2 Å². The Bertz CT molecular complexity index is 980. The topological polar surface area (TPSA) is 74.6 Å². The van der Waals surface area contributed by atoms with Crippen molar-refractivity contribution in [1.29, 1.82) is 0 Å². The lowest BCUT2D eigenvalue weighted by atomic mass is 10.1. The van der Waals surface area contributed by atoms with Crippen molar-refractivity contribution in [2.45, 2.75) is 6.92 Å². The number of pyridine rings is 1. The Morgan fingerprint density at radius 1 is 1.20 bits per heavy atom. The minimum atomic E-state index is -0.310.